The number of hydrogen-bond acceptors (Lipinski definition) is 4. The van der Waals surface area contributed by atoms with Crippen molar-refractivity contribution in [1.29, 1.82) is 0 Å². The number of aliphatic carboxylic acids is 1. The summed E-state index contributed by atoms with van der Waals surface area (Å²) in [5, 5.41) is 12.4. The number of likely N-dealkylation sites (N-methyl/N-ethyl adjacent to an activating group) is 1. The molecule has 0 aromatic heterocycles. The Bertz CT molecular complexity index is 439. The number of hydrogen-bond donors (Lipinski definition) is 3. The van der Waals surface area contributed by atoms with Crippen LogP contribution in [0.25, 0.3) is 0 Å². The molecule has 0 saturated heterocycles. The van der Waals surface area contributed by atoms with E-state index in [1.807, 2.05) is 6.07 Å². The Balaban J connectivity index is 2.82. The van der Waals surface area contributed by atoms with E-state index in [4.69, 9.17) is 5.73 Å². The molecule has 19 heavy (non-hydrogen) atoms. The van der Waals surface area contributed by atoms with Gasteiger partial charge in [0.05, 0.1) is 5.75 Å². The molecule has 1 aromatic rings. The van der Waals surface area contributed by atoms with Crippen LogP contribution in [0.5, 0.6) is 0 Å². The third kappa shape index (κ3) is 3.97. The fourth-order valence-corrected chi connectivity index (χ4v) is 2.67. The van der Waals surface area contributed by atoms with Crippen LogP contribution in [0.1, 0.15) is 12.0 Å². The number of carboxylic acids is 1. The van der Waals surface area contributed by atoms with Gasteiger partial charge in [0.2, 0.25) is 5.91 Å². The fraction of sp³-hybridized carbons (Fsp3) is 0.385. The minimum Gasteiger partial charge on any atom is -0.480 e. The van der Waals surface area contributed by atoms with Crippen LogP contribution in [0, 0.1) is 0 Å². The molecule has 1 rings (SSSR count). The molecule has 6 heteroatoms. The summed E-state index contributed by atoms with van der Waals surface area (Å²) < 4.78 is 0. The lowest BCUT2D eigenvalue weighted by atomic mass is 9.87. The summed E-state index contributed by atoms with van der Waals surface area (Å²) in [6.07, 6.45) is 0.376. The summed E-state index contributed by atoms with van der Waals surface area (Å²) >= 11 is 1.34. The maximum atomic E-state index is 11.6. The van der Waals surface area contributed by atoms with Gasteiger partial charge in [-0.25, -0.2) is 4.79 Å². The summed E-state index contributed by atoms with van der Waals surface area (Å²) in [5.74, 6) is -0.588. The molecule has 0 saturated carbocycles. The van der Waals surface area contributed by atoms with E-state index in [1.165, 1.54) is 11.8 Å². The normalized spacial score (nSPS) is 13.7. The fourth-order valence-electron chi connectivity index (χ4n) is 1.87. The van der Waals surface area contributed by atoms with Crippen LogP contribution in [-0.2, 0) is 15.1 Å². The summed E-state index contributed by atoms with van der Waals surface area (Å²) in [6.45, 7) is 0. The Morgan fingerprint density at radius 3 is 2.47 bits per heavy atom. The van der Waals surface area contributed by atoms with Crippen molar-refractivity contribution < 1.29 is 14.7 Å². The Hall–Kier alpha value is -1.53. The summed E-state index contributed by atoms with van der Waals surface area (Å²) in [6, 6.07) is 9.02. The predicted octanol–water partition coefficient (Wildman–Crippen LogP) is 0.795. The zero-order valence-electron chi connectivity index (χ0n) is 10.8. The van der Waals surface area contributed by atoms with Crippen molar-refractivity contribution in [3.05, 3.63) is 35.9 Å². The zero-order chi connectivity index (χ0) is 14.3. The van der Waals surface area contributed by atoms with Crippen LogP contribution >= 0.6 is 11.8 Å². The van der Waals surface area contributed by atoms with Gasteiger partial charge in [0, 0.05) is 0 Å². The second-order valence-corrected chi connectivity index (χ2v) is 5.20. The molecule has 4 N–H and O–H groups in total. The molecule has 0 radical (unpaired) electrons. The third-order valence-corrected chi connectivity index (χ3v) is 3.91. The van der Waals surface area contributed by atoms with E-state index in [0.717, 1.165) is 0 Å². The Morgan fingerprint density at radius 2 is 2.00 bits per heavy atom. The van der Waals surface area contributed by atoms with Gasteiger partial charge in [-0.2, -0.15) is 11.8 Å². The van der Waals surface area contributed by atoms with Crippen molar-refractivity contribution in [2.24, 2.45) is 5.73 Å². The molecule has 1 atom stereocenters. The number of primary amides is 1. The van der Waals surface area contributed by atoms with Gasteiger partial charge in [0.1, 0.15) is 5.54 Å². The molecule has 0 spiro atoms. The topological polar surface area (TPSA) is 92.4 Å². The van der Waals surface area contributed by atoms with Gasteiger partial charge in [-0.05, 0) is 24.8 Å². The maximum absolute atomic E-state index is 11.6. The van der Waals surface area contributed by atoms with Crippen molar-refractivity contribution in [2.45, 2.75) is 12.0 Å². The van der Waals surface area contributed by atoms with E-state index < -0.39 is 17.4 Å². The Kier molecular flexibility index (Phi) is 5.85. The Morgan fingerprint density at radius 1 is 1.37 bits per heavy atom. The molecular weight excluding hydrogens is 264 g/mol. The first kappa shape index (κ1) is 15.5. The lowest BCUT2D eigenvalue weighted by Gasteiger charge is -2.29. The van der Waals surface area contributed by atoms with Crippen LogP contribution < -0.4 is 11.1 Å². The van der Waals surface area contributed by atoms with Gasteiger partial charge in [-0.1, -0.05) is 30.3 Å². The molecule has 1 aromatic carbocycles. The van der Waals surface area contributed by atoms with Crippen molar-refractivity contribution in [2.75, 3.05) is 18.6 Å². The molecule has 1 amide bonds. The molecule has 0 aliphatic heterocycles. The van der Waals surface area contributed by atoms with Crippen LogP contribution in [0.4, 0.5) is 0 Å². The average Bonchev–Trinajstić information content (AvgIpc) is 2.39. The quantitative estimate of drug-likeness (QED) is 0.613. The molecule has 1 unspecified atom stereocenters. The first-order chi connectivity index (χ1) is 9.03. The van der Waals surface area contributed by atoms with E-state index in [9.17, 15) is 14.7 Å². The number of benzene rings is 1. The van der Waals surface area contributed by atoms with Crippen LogP contribution in [0.3, 0.4) is 0 Å². The number of thioether (sulfide) groups is 1. The van der Waals surface area contributed by atoms with Gasteiger partial charge >= 0.3 is 5.97 Å². The second-order valence-electron chi connectivity index (χ2n) is 4.10. The smallest absolute Gasteiger partial charge is 0.328 e. The molecule has 0 aliphatic rings. The molecule has 104 valence electrons. The minimum absolute atomic E-state index is 0.203. The number of carbonyl (C=O) groups is 2. The number of carbonyl (C=O) groups excluding carboxylic acids is 1. The SMILES string of the molecule is CNC(CCSCC(N)=O)(C(=O)O)c1ccccc1. The molecular formula is C13H18N2O3S. The molecule has 0 heterocycles. The molecule has 0 bridgehead atoms. The van der Waals surface area contributed by atoms with E-state index in [0.29, 0.717) is 17.7 Å². The van der Waals surface area contributed by atoms with Crippen LogP contribution in [0.15, 0.2) is 30.3 Å². The number of nitrogens with one attached hydrogen (secondary N) is 1. The van der Waals surface area contributed by atoms with Gasteiger partial charge in [0.15, 0.2) is 0 Å². The van der Waals surface area contributed by atoms with E-state index in [2.05, 4.69) is 5.32 Å². The highest BCUT2D eigenvalue weighted by atomic mass is 32.2. The van der Waals surface area contributed by atoms with Gasteiger partial charge < -0.3 is 16.2 Å². The number of amides is 1. The first-order valence-electron chi connectivity index (χ1n) is 5.87. The van der Waals surface area contributed by atoms with E-state index in [-0.39, 0.29) is 5.75 Å². The van der Waals surface area contributed by atoms with Crippen molar-refractivity contribution in [3.63, 3.8) is 0 Å². The molecule has 0 aliphatic carbocycles. The van der Waals surface area contributed by atoms with Crippen LogP contribution in [0.2, 0.25) is 0 Å². The molecule has 5 nitrogen and oxygen atoms in total. The van der Waals surface area contributed by atoms with Crippen molar-refractivity contribution >= 4 is 23.6 Å². The highest BCUT2D eigenvalue weighted by Gasteiger charge is 2.38. The lowest BCUT2D eigenvalue weighted by Crippen LogP contribution is -2.48. The minimum atomic E-state index is -1.13. The van der Waals surface area contributed by atoms with Crippen molar-refractivity contribution in [3.8, 4) is 0 Å². The summed E-state index contributed by atoms with van der Waals surface area (Å²) in [5.41, 5.74) is 4.62. The maximum Gasteiger partial charge on any atom is 0.328 e. The van der Waals surface area contributed by atoms with Crippen molar-refractivity contribution in [1.82, 2.24) is 5.32 Å². The zero-order valence-corrected chi connectivity index (χ0v) is 11.6. The third-order valence-electron chi connectivity index (χ3n) is 2.92. The standard InChI is InChI=1S/C13H18N2O3S/c1-15-13(12(17)18,7-8-19-9-11(14)16)10-5-3-2-4-6-10/h2-6,15H,7-9H2,1H3,(H2,14,16)(H,17,18). The Labute approximate surface area is 116 Å². The molecule has 0 fully saturated rings. The van der Waals surface area contributed by atoms with Gasteiger partial charge in [0.25, 0.3) is 0 Å². The van der Waals surface area contributed by atoms with E-state index >= 15 is 0 Å². The van der Waals surface area contributed by atoms with Gasteiger partial charge in [-0.3, -0.25) is 4.79 Å². The monoisotopic (exact) mass is 282 g/mol. The average molecular weight is 282 g/mol. The second kappa shape index (κ2) is 7.16. The summed E-state index contributed by atoms with van der Waals surface area (Å²) in [4.78, 5) is 22.3. The number of carboxylic acid groups (broad SMARTS) is 1. The highest BCUT2D eigenvalue weighted by Crippen LogP contribution is 2.27. The predicted molar refractivity (Wildman–Crippen MR) is 76.0 cm³/mol. The lowest BCUT2D eigenvalue weighted by molar-refractivity contribution is -0.145. The van der Waals surface area contributed by atoms with Crippen LogP contribution in [-0.4, -0.2) is 35.5 Å². The van der Waals surface area contributed by atoms with E-state index in [1.54, 1.807) is 31.3 Å². The highest BCUT2D eigenvalue weighted by molar-refractivity contribution is 7.99. The van der Waals surface area contributed by atoms with Gasteiger partial charge in [-0.15, -0.1) is 0 Å². The largest absolute Gasteiger partial charge is 0.480 e. The first-order valence-corrected chi connectivity index (χ1v) is 7.02. The number of rotatable bonds is 8. The number of nitrogens with two attached hydrogens (primary N) is 1. The summed E-state index contributed by atoms with van der Waals surface area (Å²) in [7, 11) is 1.62.